The van der Waals surface area contributed by atoms with Gasteiger partial charge in [0, 0.05) is 24.4 Å². The number of halogens is 1. The molecule has 2 aromatic heterocycles. The Labute approximate surface area is 200 Å². The Bertz CT molecular complexity index is 1380. The molecule has 3 heterocycles. The van der Waals surface area contributed by atoms with Crippen molar-refractivity contribution in [2.75, 3.05) is 12.0 Å². The van der Waals surface area contributed by atoms with E-state index in [0.29, 0.717) is 28.6 Å². The zero-order chi connectivity index (χ0) is 24.6. The number of furan rings is 1. The average Bonchev–Trinajstić information content (AvgIpc) is 3.54. The maximum absolute atomic E-state index is 13.8. The molecule has 2 amide bonds. The van der Waals surface area contributed by atoms with Crippen LogP contribution in [0.5, 0.6) is 5.75 Å². The molecule has 0 bridgehead atoms. The van der Waals surface area contributed by atoms with Crippen molar-refractivity contribution in [1.82, 2.24) is 15.1 Å². The Balaban J connectivity index is 1.53. The van der Waals surface area contributed by atoms with E-state index in [9.17, 15) is 14.0 Å². The molecule has 0 unspecified atom stereocenters. The number of ether oxygens (including phenoxy) is 1. The van der Waals surface area contributed by atoms with Gasteiger partial charge in [-0.25, -0.2) is 4.39 Å². The molecule has 0 radical (unpaired) electrons. The molecule has 4 aromatic rings. The van der Waals surface area contributed by atoms with Gasteiger partial charge in [-0.15, -0.1) is 0 Å². The first-order chi connectivity index (χ1) is 16.9. The second kappa shape index (κ2) is 8.75. The highest BCUT2D eigenvalue weighted by atomic mass is 19.1. The number of amides is 2. The molecule has 35 heavy (non-hydrogen) atoms. The van der Waals surface area contributed by atoms with E-state index in [1.807, 2.05) is 0 Å². The summed E-state index contributed by atoms with van der Waals surface area (Å²) >= 11 is 0. The Hall–Kier alpha value is -4.40. The summed E-state index contributed by atoms with van der Waals surface area (Å²) < 4.78 is 25.6. The van der Waals surface area contributed by atoms with Gasteiger partial charge >= 0.3 is 0 Å². The highest BCUT2D eigenvalue weighted by Gasteiger charge is 2.49. The molecule has 1 aliphatic rings. The van der Waals surface area contributed by atoms with Crippen molar-refractivity contribution in [1.29, 1.82) is 0 Å². The van der Waals surface area contributed by atoms with Gasteiger partial charge in [0.1, 0.15) is 28.5 Å². The summed E-state index contributed by atoms with van der Waals surface area (Å²) in [4.78, 5) is 28.9. The molecule has 0 saturated carbocycles. The van der Waals surface area contributed by atoms with Gasteiger partial charge < -0.3 is 14.5 Å². The van der Waals surface area contributed by atoms with Gasteiger partial charge in [-0.2, -0.15) is 5.10 Å². The number of hydrogen-bond donors (Lipinski definition) is 1. The van der Waals surface area contributed by atoms with Crippen LogP contribution in [0.3, 0.4) is 0 Å². The van der Waals surface area contributed by atoms with E-state index >= 15 is 0 Å². The lowest BCUT2D eigenvalue weighted by Gasteiger charge is -2.43. The Kier molecular flexibility index (Phi) is 5.60. The summed E-state index contributed by atoms with van der Waals surface area (Å²) in [6.45, 7) is 1.99. The second-order valence-corrected chi connectivity index (χ2v) is 8.47. The smallest absolute Gasteiger partial charge is 0.277 e. The van der Waals surface area contributed by atoms with Gasteiger partial charge in [0.05, 0.1) is 19.9 Å². The lowest BCUT2D eigenvalue weighted by molar-refractivity contribution is -0.126. The molecular weight excluding hydrogens is 451 g/mol. The molecule has 0 fully saturated rings. The Morgan fingerprint density at radius 2 is 1.97 bits per heavy atom. The van der Waals surface area contributed by atoms with Crippen LogP contribution in [0.4, 0.5) is 10.1 Å². The summed E-state index contributed by atoms with van der Waals surface area (Å²) in [6.07, 6.45) is 1.53. The van der Waals surface area contributed by atoms with E-state index in [1.165, 1.54) is 35.1 Å². The zero-order valence-corrected chi connectivity index (χ0v) is 19.2. The SMILES string of the molecule is COc1cccc(N2C(=O)c3cc(-c4ccco4)nn3C[C@]2(C)C(=O)NCc2ccc(F)cc2)c1. The summed E-state index contributed by atoms with van der Waals surface area (Å²) in [5.41, 5.74) is 0.769. The third kappa shape index (κ3) is 4.05. The molecule has 178 valence electrons. The molecule has 0 saturated heterocycles. The highest BCUT2D eigenvalue weighted by Crippen LogP contribution is 2.35. The monoisotopic (exact) mass is 474 g/mol. The van der Waals surface area contributed by atoms with Crippen LogP contribution < -0.4 is 15.0 Å². The van der Waals surface area contributed by atoms with Crippen molar-refractivity contribution in [3.63, 3.8) is 0 Å². The van der Waals surface area contributed by atoms with Gasteiger partial charge in [0.15, 0.2) is 5.76 Å². The van der Waals surface area contributed by atoms with Crippen LogP contribution >= 0.6 is 0 Å². The number of aromatic nitrogens is 2. The van der Waals surface area contributed by atoms with Crippen molar-refractivity contribution >= 4 is 17.5 Å². The number of carbonyl (C=O) groups is 2. The van der Waals surface area contributed by atoms with E-state index in [1.54, 1.807) is 61.5 Å². The normalized spacial score (nSPS) is 17.2. The minimum Gasteiger partial charge on any atom is -0.497 e. The second-order valence-electron chi connectivity index (χ2n) is 8.47. The molecule has 0 aliphatic carbocycles. The fourth-order valence-corrected chi connectivity index (χ4v) is 4.26. The zero-order valence-electron chi connectivity index (χ0n) is 19.2. The Morgan fingerprint density at radius 3 is 2.69 bits per heavy atom. The average molecular weight is 474 g/mol. The van der Waals surface area contributed by atoms with E-state index in [-0.39, 0.29) is 30.7 Å². The third-order valence-corrected chi connectivity index (χ3v) is 6.09. The van der Waals surface area contributed by atoms with Gasteiger partial charge in [-0.1, -0.05) is 18.2 Å². The first-order valence-corrected chi connectivity index (χ1v) is 11.0. The fraction of sp³-hybridized carbons (Fsp3) is 0.192. The number of rotatable bonds is 6. The number of nitrogens with zero attached hydrogens (tertiary/aromatic N) is 3. The van der Waals surface area contributed by atoms with Crippen LogP contribution in [-0.4, -0.2) is 34.2 Å². The number of nitrogens with one attached hydrogen (secondary N) is 1. The number of methoxy groups -OCH3 is 1. The molecule has 9 heteroatoms. The van der Waals surface area contributed by atoms with Gasteiger partial charge in [0.25, 0.3) is 5.91 Å². The molecule has 5 rings (SSSR count). The van der Waals surface area contributed by atoms with Crippen molar-refractivity contribution < 1.29 is 23.1 Å². The van der Waals surface area contributed by atoms with Crippen molar-refractivity contribution in [2.24, 2.45) is 0 Å². The predicted octanol–water partition coefficient (Wildman–Crippen LogP) is 4.03. The van der Waals surface area contributed by atoms with E-state index < -0.39 is 5.54 Å². The van der Waals surface area contributed by atoms with Crippen molar-refractivity contribution in [3.05, 3.63) is 90.1 Å². The molecule has 0 spiro atoms. The highest BCUT2D eigenvalue weighted by molar-refractivity contribution is 6.12. The quantitative estimate of drug-likeness (QED) is 0.456. The molecule has 1 aliphatic heterocycles. The van der Waals surface area contributed by atoms with Crippen molar-refractivity contribution in [3.8, 4) is 17.2 Å². The lowest BCUT2D eigenvalue weighted by Crippen LogP contribution is -2.64. The van der Waals surface area contributed by atoms with Crippen LogP contribution in [-0.2, 0) is 17.9 Å². The molecule has 1 atom stereocenters. The summed E-state index contributed by atoms with van der Waals surface area (Å²) in [5, 5.41) is 7.44. The van der Waals surface area contributed by atoms with E-state index in [0.717, 1.165) is 5.56 Å². The Morgan fingerprint density at radius 1 is 1.17 bits per heavy atom. The van der Waals surface area contributed by atoms with Crippen LogP contribution in [0.1, 0.15) is 23.0 Å². The van der Waals surface area contributed by atoms with Crippen LogP contribution in [0.15, 0.2) is 77.4 Å². The van der Waals surface area contributed by atoms with Gasteiger partial charge in [0.2, 0.25) is 5.91 Å². The number of carbonyl (C=O) groups excluding carboxylic acids is 2. The molecule has 1 N–H and O–H groups in total. The minimum atomic E-state index is -1.32. The largest absolute Gasteiger partial charge is 0.497 e. The predicted molar refractivity (Wildman–Crippen MR) is 126 cm³/mol. The standard InChI is InChI=1S/C26H23FN4O4/c1-26(25(33)28-15-17-8-10-18(27)11-9-17)16-30-22(14-21(29-30)23-7-4-12-35-23)24(32)31(26)19-5-3-6-20(13-19)34-2/h3-14H,15-16H2,1-2H3,(H,28,33)/t26-/m1/s1. The molecular formula is C26H23FN4O4. The third-order valence-electron chi connectivity index (χ3n) is 6.09. The number of hydrogen-bond acceptors (Lipinski definition) is 5. The first kappa shape index (κ1) is 22.4. The fourth-order valence-electron chi connectivity index (χ4n) is 4.26. The van der Waals surface area contributed by atoms with Gasteiger partial charge in [-0.05, 0) is 48.9 Å². The summed E-state index contributed by atoms with van der Waals surface area (Å²) in [7, 11) is 1.54. The van der Waals surface area contributed by atoms with E-state index in [4.69, 9.17) is 9.15 Å². The van der Waals surface area contributed by atoms with Gasteiger partial charge in [-0.3, -0.25) is 19.2 Å². The van der Waals surface area contributed by atoms with Crippen LogP contribution in [0.2, 0.25) is 0 Å². The summed E-state index contributed by atoms with van der Waals surface area (Å²) in [6, 6.07) is 18.0. The number of benzene rings is 2. The van der Waals surface area contributed by atoms with Crippen LogP contribution in [0, 0.1) is 5.82 Å². The maximum atomic E-state index is 13.8. The topological polar surface area (TPSA) is 89.6 Å². The maximum Gasteiger partial charge on any atom is 0.277 e. The van der Waals surface area contributed by atoms with Crippen molar-refractivity contribution in [2.45, 2.75) is 25.6 Å². The number of anilines is 1. The van der Waals surface area contributed by atoms with E-state index in [2.05, 4.69) is 10.4 Å². The first-order valence-electron chi connectivity index (χ1n) is 11.0. The molecule has 8 nitrogen and oxygen atoms in total. The number of fused-ring (bicyclic) bond motifs is 1. The minimum absolute atomic E-state index is 0.112. The molecule has 2 aromatic carbocycles. The van der Waals surface area contributed by atoms with Crippen LogP contribution in [0.25, 0.3) is 11.5 Å². The summed E-state index contributed by atoms with van der Waals surface area (Å²) in [5.74, 6) is -0.0320. The lowest BCUT2D eigenvalue weighted by atomic mass is 9.93.